The van der Waals surface area contributed by atoms with E-state index in [1.165, 1.54) is 38.5 Å². The van der Waals surface area contributed by atoms with Gasteiger partial charge in [-0.25, -0.2) is 0 Å². The molecule has 5 rings (SSSR count). The lowest BCUT2D eigenvalue weighted by molar-refractivity contribution is -0.114. The van der Waals surface area contributed by atoms with Gasteiger partial charge in [0.25, 0.3) is 0 Å². The molecule has 0 saturated heterocycles. The Hall–Kier alpha value is -1.51. The van der Waals surface area contributed by atoms with Crippen LogP contribution in [0.5, 0.6) is 0 Å². The SMILES string of the molecule is CC(=O)Nc1ccccc1NC12CC3CC(CC(C3)C1)C2. The third-order valence-electron chi connectivity index (χ3n) is 5.68. The Bertz CT molecular complexity index is 531. The molecule has 0 unspecified atom stereocenters. The maximum Gasteiger partial charge on any atom is 0.221 e. The Kier molecular flexibility index (Phi) is 2.98. The van der Waals surface area contributed by atoms with Crippen LogP contribution < -0.4 is 10.6 Å². The van der Waals surface area contributed by atoms with E-state index in [-0.39, 0.29) is 11.4 Å². The number of rotatable bonds is 3. The fourth-order valence-electron chi connectivity index (χ4n) is 5.44. The molecule has 0 heterocycles. The van der Waals surface area contributed by atoms with Crippen LogP contribution in [0.15, 0.2) is 24.3 Å². The zero-order valence-electron chi connectivity index (χ0n) is 12.7. The quantitative estimate of drug-likeness (QED) is 0.880. The lowest BCUT2D eigenvalue weighted by atomic mass is 9.53. The molecule has 4 fully saturated rings. The minimum Gasteiger partial charge on any atom is -0.378 e. The maximum atomic E-state index is 11.4. The monoisotopic (exact) mass is 284 g/mol. The van der Waals surface area contributed by atoms with Gasteiger partial charge < -0.3 is 10.6 Å². The van der Waals surface area contributed by atoms with Gasteiger partial charge in [0, 0.05) is 12.5 Å². The number of benzene rings is 1. The first-order chi connectivity index (χ1) is 10.1. The largest absolute Gasteiger partial charge is 0.378 e. The summed E-state index contributed by atoms with van der Waals surface area (Å²) in [6.07, 6.45) is 8.30. The molecular formula is C18H24N2O. The Balaban J connectivity index is 1.60. The van der Waals surface area contributed by atoms with E-state index in [4.69, 9.17) is 0 Å². The standard InChI is InChI=1S/C18H24N2O/c1-12(21)19-16-4-2-3-5-17(16)20-18-9-13-6-14(10-18)8-15(7-13)11-18/h2-5,13-15,20H,6-11H2,1H3,(H,19,21). The first-order valence-electron chi connectivity index (χ1n) is 8.27. The van der Waals surface area contributed by atoms with Crippen molar-refractivity contribution in [3.05, 3.63) is 24.3 Å². The highest BCUT2D eigenvalue weighted by Crippen LogP contribution is 2.56. The highest BCUT2D eigenvalue weighted by molar-refractivity contribution is 5.92. The van der Waals surface area contributed by atoms with Gasteiger partial charge in [-0.1, -0.05) is 12.1 Å². The summed E-state index contributed by atoms with van der Waals surface area (Å²) in [5.74, 6) is 2.78. The number of hydrogen-bond donors (Lipinski definition) is 2. The first-order valence-corrected chi connectivity index (χ1v) is 8.27. The summed E-state index contributed by atoms with van der Waals surface area (Å²) < 4.78 is 0. The maximum absolute atomic E-state index is 11.4. The normalized spacial score (nSPS) is 36.5. The van der Waals surface area contributed by atoms with Crippen molar-refractivity contribution in [3.63, 3.8) is 0 Å². The Morgan fingerprint density at radius 2 is 1.52 bits per heavy atom. The van der Waals surface area contributed by atoms with Crippen LogP contribution in [0.4, 0.5) is 11.4 Å². The van der Waals surface area contributed by atoms with Gasteiger partial charge in [0.05, 0.1) is 11.4 Å². The number of hydrogen-bond acceptors (Lipinski definition) is 2. The number of anilines is 2. The third kappa shape index (κ3) is 2.43. The molecule has 0 spiro atoms. The molecular weight excluding hydrogens is 260 g/mol. The van der Waals surface area contributed by atoms with Crippen molar-refractivity contribution >= 4 is 17.3 Å². The molecule has 1 aromatic carbocycles. The third-order valence-corrected chi connectivity index (χ3v) is 5.68. The van der Waals surface area contributed by atoms with E-state index in [2.05, 4.69) is 16.7 Å². The van der Waals surface area contributed by atoms with E-state index in [9.17, 15) is 4.79 Å². The van der Waals surface area contributed by atoms with E-state index < -0.39 is 0 Å². The lowest BCUT2D eigenvalue weighted by Gasteiger charge is -2.57. The summed E-state index contributed by atoms with van der Waals surface area (Å²) in [4.78, 5) is 11.4. The zero-order valence-corrected chi connectivity index (χ0v) is 12.7. The molecule has 21 heavy (non-hydrogen) atoms. The van der Waals surface area contributed by atoms with E-state index >= 15 is 0 Å². The van der Waals surface area contributed by atoms with Crippen LogP contribution in [0.2, 0.25) is 0 Å². The molecule has 0 atom stereocenters. The molecule has 3 nitrogen and oxygen atoms in total. The fourth-order valence-corrected chi connectivity index (χ4v) is 5.44. The number of carbonyl (C=O) groups is 1. The van der Waals surface area contributed by atoms with Gasteiger partial charge in [-0.3, -0.25) is 4.79 Å². The van der Waals surface area contributed by atoms with Crippen LogP contribution in [0.1, 0.15) is 45.4 Å². The molecule has 4 aliphatic carbocycles. The van der Waals surface area contributed by atoms with Crippen LogP contribution in [-0.4, -0.2) is 11.4 Å². The number of carbonyl (C=O) groups excluding carboxylic acids is 1. The molecule has 0 aromatic heterocycles. The molecule has 0 radical (unpaired) electrons. The zero-order chi connectivity index (χ0) is 14.4. The Morgan fingerprint density at radius 3 is 2.05 bits per heavy atom. The minimum absolute atomic E-state index is 0.00485. The van der Waals surface area contributed by atoms with E-state index in [1.54, 1.807) is 6.92 Å². The second-order valence-corrected chi connectivity index (χ2v) is 7.55. The molecule has 4 saturated carbocycles. The van der Waals surface area contributed by atoms with Crippen molar-refractivity contribution in [2.75, 3.05) is 10.6 Å². The van der Waals surface area contributed by atoms with Crippen LogP contribution in [0.3, 0.4) is 0 Å². The molecule has 3 heteroatoms. The van der Waals surface area contributed by atoms with Gasteiger partial charge in [-0.15, -0.1) is 0 Å². The molecule has 0 aliphatic heterocycles. The lowest BCUT2D eigenvalue weighted by Crippen LogP contribution is -2.54. The van der Waals surface area contributed by atoms with Crippen molar-refractivity contribution in [2.24, 2.45) is 17.8 Å². The van der Waals surface area contributed by atoms with Crippen LogP contribution in [0, 0.1) is 17.8 Å². The van der Waals surface area contributed by atoms with Crippen molar-refractivity contribution in [2.45, 2.75) is 51.0 Å². The van der Waals surface area contributed by atoms with E-state index in [0.29, 0.717) is 0 Å². The molecule has 2 N–H and O–H groups in total. The first kappa shape index (κ1) is 13.2. The van der Waals surface area contributed by atoms with Crippen LogP contribution in [-0.2, 0) is 4.79 Å². The summed E-state index contributed by atoms with van der Waals surface area (Å²) in [6.45, 7) is 1.57. The highest BCUT2D eigenvalue weighted by Gasteiger charge is 2.51. The van der Waals surface area contributed by atoms with Gasteiger partial charge in [0.2, 0.25) is 5.91 Å². The average molecular weight is 284 g/mol. The average Bonchev–Trinajstić information content (AvgIpc) is 2.38. The van der Waals surface area contributed by atoms with Gasteiger partial charge in [-0.05, 0) is 68.4 Å². The summed E-state index contributed by atoms with van der Waals surface area (Å²) in [5, 5.41) is 6.80. The molecule has 1 aromatic rings. The summed E-state index contributed by atoms with van der Waals surface area (Å²) >= 11 is 0. The topological polar surface area (TPSA) is 41.1 Å². The number of nitrogens with one attached hydrogen (secondary N) is 2. The summed E-state index contributed by atoms with van der Waals surface area (Å²) in [6, 6.07) is 8.12. The smallest absolute Gasteiger partial charge is 0.221 e. The molecule has 4 bridgehead atoms. The number of para-hydroxylation sites is 2. The van der Waals surface area contributed by atoms with Crippen LogP contribution >= 0.6 is 0 Å². The predicted molar refractivity (Wildman–Crippen MR) is 85.3 cm³/mol. The van der Waals surface area contributed by atoms with Gasteiger partial charge >= 0.3 is 0 Å². The summed E-state index contributed by atoms with van der Waals surface area (Å²) in [7, 11) is 0. The Labute approximate surface area is 126 Å². The van der Waals surface area contributed by atoms with E-state index in [1.807, 2.05) is 18.2 Å². The summed E-state index contributed by atoms with van der Waals surface area (Å²) in [5.41, 5.74) is 2.29. The van der Waals surface area contributed by atoms with Crippen molar-refractivity contribution in [1.29, 1.82) is 0 Å². The predicted octanol–water partition coefficient (Wildman–Crippen LogP) is 4.03. The second kappa shape index (κ2) is 4.75. The van der Waals surface area contributed by atoms with Crippen molar-refractivity contribution < 1.29 is 4.79 Å². The highest BCUT2D eigenvalue weighted by atomic mass is 16.1. The molecule has 1 amide bonds. The molecule has 4 aliphatic rings. The van der Waals surface area contributed by atoms with Gasteiger partial charge in [0.15, 0.2) is 0 Å². The minimum atomic E-state index is -0.00485. The second-order valence-electron chi connectivity index (χ2n) is 7.55. The van der Waals surface area contributed by atoms with Crippen LogP contribution in [0.25, 0.3) is 0 Å². The van der Waals surface area contributed by atoms with E-state index in [0.717, 1.165) is 29.1 Å². The fraction of sp³-hybridized carbons (Fsp3) is 0.611. The van der Waals surface area contributed by atoms with Crippen molar-refractivity contribution in [3.8, 4) is 0 Å². The van der Waals surface area contributed by atoms with Gasteiger partial charge in [-0.2, -0.15) is 0 Å². The Morgan fingerprint density at radius 1 is 1.00 bits per heavy atom. The van der Waals surface area contributed by atoms with Gasteiger partial charge in [0.1, 0.15) is 0 Å². The molecule has 112 valence electrons. The number of amides is 1. The van der Waals surface area contributed by atoms with Crippen molar-refractivity contribution in [1.82, 2.24) is 0 Å².